The predicted molar refractivity (Wildman–Crippen MR) is 127 cm³/mol. The fraction of sp³-hybridized carbons (Fsp3) is 0.318. The van der Waals surface area contributed by atoms with Crippen LogP contribution in [0.5, 0.6) is 5.88 Å². The lowest BCUT2D eigenvalue weighted by Crippen LogP contribution is -2.36. The third-order valence-corrected chi connectivity index (χ3v) is 7.49. The van der Waals surface area contributed by atoms with Crippen molar-refractivity contribution in [3.05, 3.63) is 48.5 Å². The number of sulfonamides is 1. The molecule has 33 heavy (non-hydrogen) atoms. The van der Waals surface area contributed by atoms with Crippen LogP contribution in [0.1, 0.15) is 19.3 Å². The van der Waals surface area contributed by atoms with Crippen LogP contribution in [0.2, 0.25) is 0 Å². The molecule has 1 atom stereocenters. The number of para-hydroxylation sites is 2. The lowest BCUT2D eigenvalue weighted by molar-refractivity contribution is 0.0200. The van der Waals surface area contributed by atoms with Crippen molar-refractivity contribution in [2.75, 3.05) is 25.2 Å². The van der Waals surface area contributed by atoms with Crippen LogP contribution in [0.4, 0.5) is 5.13 Å². The fourth-order valence-corrected chi connectivity index (χ4v) is 5.41. The van der Waals surface area contributed by atoms with Gasteiger partial charge in [-0.15, -0.1) is 0 Å². The molecule has 1 aliphatic rings. The first-order chi connectivity index (χ1) is 16.1. The molecule has 0 spiro atoms. The number of nitrogens with zero attached hydrogens (tertiary/aromatic N) is 3. The lowest BCUT2D eigenvalue weighted by Gasteiger charge is -2.22. The van der Waals surface area contributed by atoms with E-state index in [0.717, 1.165) is 29.5 Å². The molecule has 1 aliphatic heterocycles. The maximum atomic E-state index is 12.9. The van der Waals surface area contributed by atoms with Gasteiger partial charge in [-0.3, -0.25) is 0 Å². The van der Waals surface area contributed by atoms with E-state index in [2.05, 4.69) is 25.0 Å². The van der Waals surface area contributed by atoms with E-state index in [0.29, 0.717) is 22.6 Å². The second-order valence-corrected chi connectivity index (χ2v) is 10.3. The molecule has 5 rings (SSSR count). The first-order valence-electron chi connectivity index (χ1n) is 10.7. The van der Waals surface area contributed by atoms with E-state index < -0.39 is 10.0 Å². The van der Waals surface area contributed by atoms with E-state index in [1.165, 1.54) is 11.3 Å². The third-order valence-electron chi connectivity index (χ3n) is 5.29. The highest BCUT2D eigenvalue weighted by molar-refractivity contribution is 7.89. The highest BCUT2D eigenvalue weighted by Crippen LogP contribution is 2.27. The lowest BCUT2D eigenvalue weighted by atomic mass is 10.1. The predicted octanol–water partition coefficient (Wildman–Crippen LogP) is 3.54. The van der Waals surface area contributed by atoms with Crippen LogP contribution in [0.25, 0.3) is 21.1 Å². The van der Waals surface area contributed by atoms with Gasteiger partial charge < -0.3 is 14.8 Å². The summed E-state index contributed by atoms with van der Waals surface area (Å²) in [6, 6.07) is 15.0. The van der Waals surface area contributed by atoms with Crippen molar-refractivity contribution in [1.29, 1.82) is 0 Å². The summed E-state index contributed by atoms with van der Waals surface area (Å²) in [7, 11) is -3.93. The average Bonchev–Trinajstić information content (AvgIpc) is 3.26. The Hall–Kier alpha value is -2.86. The number of rotatable bonds is 8. The van der Waals surface area contributed by atoms with E-state index in [9.17, 15) is 8.42 Å². The number of aromatic nitrogens is 3. The Bertz CT molecular complexity index is 1340. The summed E-state index contributed by atoms with van der Waals surface area (Å²) < 4.78 is 40.9. The van der Waals surface area contributed by atoms with Crippen molar-refractivity contribution in [2.24, 2.45) is 0 Å². The first kappa shape index (κ1) is 22.0. The van der Waals surface area contributed by atoms with Gasteiger partial charge in [0, 0.05) is 13.2 Å². The molecule has 0 saturated carbocycles. The van der Waals surface area contributed by atoms with Crippen molar-refractivity contribution in [3.8, 4) is 5.88 Å². The number of thiazole rings is 1. The molecule has 0 bridgehead atoms. The molecular formula is C22H23N5O4S2. The number of anilines is 1. The maximum absolute atomic E-state index is 12.9. The van der Waals surface area contributed by atoms with Gasteiger partial charge in [0.2, 0.25) is 5.88 Å². The number of fused-ring (bicyclic) bond motifs is 2. The number of ether oxygens (including phenoxy) is 2. The second-order valence-electron chi connectivity index (χ2n) is 7.62. The molecule has 0 radical (unpaired) electrons. The molecule has 11 heteroatoms. The van der Waals surface area contributed by atoms with Crippen LogP contribution in [0, 0.1) is 0 Å². The van der Waals surface area contributed by atoms with Gasteiger partial charge in [0.15, 0.2) is 11.9 Å². The van der Waals surface area contributed by atoms with Crippen molar-refractivity contribution in [3.63, 3.8) is 0 Å². The van der Waals surface area contributed by atoms with Gasteiger partial charge in [-0.05, 0) is 43.5 Å². The second kappa shape index (κ2) is 9.56. The molecule has 2 aromatic heterocycles. The highest BCUT2D eigenvalue weighted by atomic mass is 32.2. The average molecular weight is 486 g/mol. The van der Waals surface area contributed by atoms with Crippen molar-refractivity contribution in [2.45, 2.75) is 30.5 Å². The van der Waals surface area contributed by atoms with E-state index in [4.69, 9.17) is 9.47 Å². The number of benzene rings is 2. The summed E-state index contributed by atoms with van der Waals surface area (Å²) in [6.45, 7) is 0.913. The zero-order chi connectivity index (χ0) is 22.7. The topological polar surface area (TPSA) is 115 Å². The van der Waals surface area contributed by atoms with Crippen molar-refractivity contribution < 1.29 is 17.9 Å². The minimum Gasteiger partial charge on any atom is -0.456 e. The molecule has 2 aromatic carbocycles. The van der Waals surface area contributed by atoms with Crippen LogP contribution in [-0.2, 0) is 14.8 Å². The molecular weight excluding hydrogens is 462 g/mol. The van der Waals surface area contributed by atoms with Gasteiger partial charge in [-0.25, -0.2) is 23.1 Å². The van der Waals surface area contributed by atoms with Gasteiger partial charge in [-0.2, -0.15) is 4.98 Å². The Kier molecular flexibility index (Phi) is 6.36. The number of nitrogens with one attached hydrogen (secondary N) is 2. The van der Waals surface area contributed by atoms with E-state index >= 15 is 0 Å². The fourth-order valence-electron chi connectivity index (χ4n) is 3.61. The summed E-state index contributed by atoms with van der Waals surface area (Å²) in [5, 5.41) is 4.12. The molecule has 1 unspecified atom stereocenters. The Morgan fingerprint density at radius 3 is 2.67 bits per heavy atom. The normalized spacial score (nSPS) is 16.8. The minimum absolute atomic E-state index is 0.0731. The molecule has 1 saturated heterocycles. The summed E-state index contributed by atoms with van der Waals surface area (Å²) in [6.07, 6.45) is 2.72. The molecule has 9 nitrogen and oxygen atoms in total. The van der Waals surface area contributed by atoms with Gasteiger partial charge in [0.05, 0.1) is 27.2 Å². The molecule has 2 N–H and O–H groups in total. The maximum Gasteiger partial charge on any atom is 0.276 e. The zero-order valence-corrected chi connectivity index (χ0v) is 19.4. The number of hydrogen-bond acceptors (Lipinski definition) is 9. The van der Waals surface area contributed by atoms with Crippen molar-refractivity contribution >= 4 is 47.6 Å². The largest absolute Gasteiger partial charge is 0.456 e. The van der Waals surface area contributed by atoms with Gasteiger partial charge in [-0.1, -0.05) is 35.6 Å². The Balaban J connectivity index is 1.33. The summed E-state index contributed by atoms with van der Waals surface area (Å²) in [5.41, 5.74) is 1.38. The van der Waals surface area contributed by atoms with Gasteiger partial charge >= 0.3 is 0 Å². The molecule has 3 heterocycles. The molecule has 4 aromatic rings. The first-order valence-corrected chi connectivity index (χ1v) is 13.0. The zero-order valence-electron chi connectivity index (χ0n) is 17.7. The van der Waals surface area contributed by atoms with Crippen LogP contribution in [0.3, 0.4) is 0 Å². The molecule has 1 fully saturated rings. The summed E-state index contributed by atoms with van der Waals surface area (Å²) >= 11 is 1.51. The SMILES string of the molecule is O=S(=O)(NCC1CCCCO1)c1nc(OCNc2nc3ccccc3s2)c2ccccc2n1. The Morgan fingerprint density at radius 1 is 1.03 bits per heavy atom. The standard InChI is InChI=1S/C22H23N5O4S2/c28-33(29,24-13-15-7-5-6-12-30-15)22-26-17-9-2-1-8-16(17)20(27-22)31-14-23-21-25-18-10-3-4-11-19(18)32-21/h1-4,8-11,15,24H,5-7,12-14H2,(H,23,25). The van der Waals surface area contributed by atoms with Crippen LogP contribution >= 0.6 is 11.3 Å². The number of hydrogen-bond donors (Lipinski definition) is 2. The van der Waals surface area contributed by atoms with E-state index in [-0.39, 0.29) is 30.4 Å². The smallest absolute Gasteiger partial charge is 0.276 e. The quantitative estimate of drug-likeness (QED) is 0.288. The third kappa shape index (κ3) is 5.06. The monoisotopic (exact) mass is 485 g/mol. The van der Waals surface area contributed by atoms with Crippen LogP contribution in [0.15, 0.2) is 53.7 Å². The summed E-state index contributed by atoms with van der Waals surface area (Å²) in [5.74, 6) is 0.184. The van der Waals surface area contributed by atoms with Crippen LogP contribution in [-0.4, -0.2) is 49.4 Å². The Morgan fingerprint density at radius 2 is 1.85 bits per heavy atom. The van der Waals surface area contributed by atoms with E-state index in [1.807, 2.05) is 30.3 Å². The van der Waals surface area contributed by atoms with Gasteiger partial charge in [0.25, 0.3) is 15.2 Å². The Labute approximate surface area is 195 Å². The highest BCUT2D eigenvalue weighted by Gasteiger charge is 2.23. The molecule has 0 aliphatic carbocycles. The minimum atomic E-state index is -3.93. The van der Waals surface area contributed by atoms with Crippen molar-refractivity contribution in [1.82, 2.24) is 19.7 Å². The summed E-state index contributed by atoms with van der Waals surface area (Å²) in [4.78, 5) is 13.0. The van der Waals surface area contributed by atoms with Gasteiger partial charge in [0.1, 0.15) is 0 Å². The molecule has 172 valence electrons. The molecule has 0 amide bonds. The van der Waals surface area contributed by atoms with Crippen LogP contribution < -0.4 is 14.8 Å². The van der Waals surface area contributed by atoms with E-state index in [1.54, 1.807) is 18.2 Å².